The SMILES string of the molecule is CCCCN(C(=O)c1ccc(Cl)cc1)C(CC)c1nc2ccccc2c(=O)n1C. The lowest BCUT2D eigenvalue weighted by atomic mass is 10.1. The summed E-state index contributed by atoms with van der Waals surface area (Å²) in [5, 5.41) is 1.17. The standard InChI is InChI=1S/C23H26ClN3O2/c1-4-6-15-27(22(28)16-11-13-17(24)14-12-16)20(5-2)21-25-19-10-8-7-9-18(19)23(29)26(21)3/h7-14,20H,4-6,15H2,1-3H3. The number of hydrogen-bond donors (Lipinski definition) is 0. The molecule has 3 aromatic rings. The van der Waals surface area contributed by atoms with E-state index in [4.69, 9.17) is 16.6 Å². The molecule has 5 nitrogen and oxygen atoms in total. The molecule has 29 heavy (non-hydrogen) atoms. The van der Waals surface area contributed by atoms with Gasteiger partial charge < -0.3 is 4.90 Å². The van der Waals surface area contributed by atoms with E-state index in [0.717, 1.165) is 12.8 Å². The number of carbonyl (C=O) groups is 1. The van der Waals surface area contributed by atoms with Crippen molar-refractivity contribution in [3.63, 3.8) is 0 Å². The summed E-state index contributed by atoms with van der Waals surface area (Å²) in [6, 6.07) is 13.9. The lowest BCUT2D eigenvalue weighted by Gasteiger charge is -2.32. The van der Waals surface area contributed by atoms with Gasteiger partial charge in [-0.1, -0.05) is 44.0 Å². The van der Waals surface area contributed by atoms with Crippen LogP contribution >= 0.6 is 11.6 Å². The summed E-state index contributed by atoms with van der Waals surface area (Å²) >= 11 is 5.99. The first-order chi connectivity index (χ1) is 14.0. The molecule has 0 N–H and O–H groups in total. The van der Waals surface area contributed by atoms with Crippen molar-refractivity contribution in [1.82, 2.24) is 14.5 Å². The zero-order valence-corrected chi connectivity index (χ0v) is 17.8. The second kappa shape index (κ2) is 9.23. The van der Waals surface area contributed by atoms with Crippen LogP contribution in [0.15, 0.2) is 53.3 Å². The van der Waals surface area contributed by atoms with Crippen LogP contribution in [0.5, 0.6) is 0 Å². The number of carbonyl (C=O) groups excluding carboxylic acids is 1. The van der Waals surface area contributed by atoms with Crippen molar-refractivity contribution in [3.05, 3.63) is 75.3 Å². The van der Waals surface area contributed by atoms with E-state index in [2.05, 4.69) is 6.92 Å². The smallest absolute Gasteiger partial charge is 0.261 e. The Kier molecular flexibility index (Phi) is 6.70. The van der Waals surface area contributed by atoms with Crippen LogP contribution in [0.25, 0.3) is 10.9 Å². The molecule has 152 valence electrons. The molecule has 1 unspecified atom stereocenters. The van der Waals surface area contributed by atoms with Gasteiger partial charge in [0.05, 0.1) is 16.9 Å². The Morgan fingerprint density at radius 1 is 1.14 bits per heavy atom. The maximum Gasteiger partial charge on any atom is 0.261 e. The van der Waals surface area contributed by atoms with Crippen LogP contribution in [0.3, 0.4) is 0 Å². The van der Waals surface area contributed by atoms with Gasteiger partial charge in [-0.05, 0) is 49.2 Å². The molecule has 0 radical (unpaired) electrons. The maximum atomic E-state index is 13.4. The molecule has 1 heterocycles. The van der Waals surface area contributed by atoms with Gasteiger partial charge in [-0.25, -0.2) is 4.98 Å². The van der Waals surface area contributed by atoms with Gasteiger partial charge >= 0.3 is 0 Å². The summed E-state index contributed by atoms with van der Waals surface area (Å²) in [6.45, 7) is 4.70. The van der Waals surface area contributed by atoms with E-state index >= 15 is 0 Å². The Balaban J connectivity index is 2.09. The van der Waals surface area contributed by atoms with Gasteiger partial charge in [0.15, 0.2) is 0 Å². The summed E-state index contributed by atoms with van der Waals surface area (Å²) in [6.07, 6.45) is 2.49. The van der Waals surface area contributed by atoms with Crippen molar-refractivity contribution in [2.24, 2.45) is 7.05 Å². The molecule has 0 saturated heterocycles. The van der Waals surface area contributed by atoms with E-state index in [-0.39, 0.29) is 17.5 Å². The van der Waals surface area contributed by atoms with E-state index in [0.29, 0.717) is 40.3 Å². The lowest BCUT2D eigenvalue weighted by molar-refractivity contribution is 0.0654. The first kappa shape index (κ1) is 21.1. The molecule has 0 bridgehead atoms. The minimum absolute atomic E-state index is 0.0793. The number of nitrogens with zero attached hydrogens (tertiary/aromatic N) is 3. The van der Waals surface area contributed by atoms with E-state index in [1.165, 1.54) is 0 Å². The zero-order chi connectivity index (χ0) is 21.0. The van der Waals surface area contributed by atoms with Crippen molar-refractivity contribution in [3.8, 4) is 0 Å². The number of hydrogen-bond acceptors (Lipinski definition) is 3. The summed E-state index contributed by atoms with van der Waals surface area (Å²) in [5.41, 5.74) is 1.13. The molecule has 1 atom stereocenters. The second-order valence-corrected chi connectivity index (χ2v) is 7.57. The van der Waals surface area contributed by atoms with Gasteiger partial charge in [0.2, 0.25) is 0 Å². The summed E-state index contributed by atoms with van der Waals surface area (Å²) in [5.74, 6) is 0.527. The quantitative estimate of drug-likeness (QED) is 0.550. The largest absolute Gasteiger partial charge is 0.328 e. The fraction of sp³-hybridized carbons (Fsp3) is 0.348. The molecule has 0 spiro atoms. The molecule has 0 aliphatic carbocycles. The van der Waals surface area contributed by atoms with Crippen LogP contribution in [-0.4, -0.2) is 26.9 Å². The highest BCUT2D eigenvalue weighted by Crippen LogP contribution is 2.26. The molecule has 3 rings (SSSR count). The monoisotopic (exact) mass is 411 g/mol. The van der Waals surface area contributed by atoms with E-state index in [1.807, 2.05) is 30.0 Å². The van der Waals surface area contributed by atoms with Crippen molar-refractivity contribution >= 4 is 28.4 Å². The number of aromatic nitrogens is 2. The Hall–Kier alpha value is -2.66. The van der Waals surface area contributed by atoms with Gasteiger partial charge in [0, 0.05) is 24.2 Å². The molecule has 1 aromatic heterocycles. The summed E-state index contributed by atoms with van der Waals surface area (Å²) in [7, 11) is 1.73. The molecule has 0 saturated carbocycles. The number of rotatable bonds is 7. The summed E-state index contributed by atoms with van der Waals surface area (Å²) in [4.78, 5) is 32.9. The third kappa shape index (κ3) is 4.35. The number of amides is 1. The number of unbranched alkanes of at least 4 members (excludes halogenated alkanes) is 1. The highest BCUT2D eigenvalue weighted by Gasteiger charge is 2.28. The Bertz CT molecular complexity index is 1060. The van der Waals surface area contributed by atoms with Gasteiger partial charge in [0.25, 0.3) is 11.5 Å². The van der Waals surface area contributed by atoms with Gasteiger partial charge in [-0.3, -0.25) is 14.2 Å². The Morgan fingerprint density at radius 2 is 1.83 bits per heavy atom. The third-order valence-corrected chi connectivity index (χ3v) is 5.44. The van der Waals surface area contributed by atoms with Crippen molar-refractivity contribution < 1.29 is 4.79 Å². The molecule has 2 aromatic carbocycles. The third-order valence-electron chi connectivity index (χ3n) is 5.18. The molecule has 0 aliphatic heterocycles. The van der Waals surface area contributed by atoms with Gasteiger partial charge in [-0.2, -0.15) is 0 Å². The van der Waals surface area contributed by atoms with Crippen LogP contribution in [0.4, 0.5) is 0 Å². The average molecular weight is 412 g/mol. The van der Waals surface area contributed by atoms with E-state index in [9.17, 15) is 9.59 Å². The van der Waals surface area contributed by atoms with Crippen molar-refractivity contribution in [1.29, 1.82) is 0 Å². The topological polar surface area (TPSA) is 55.2 Å². The van der Waals surface area contributed by atoms with Gasteiger partial charge in [-0.15, -0.1) is 0 Å². The van der Waals surface area contributed by atoms with Crippen LogP contribution in [0, 0.1) is 0 Å². The molecule has 0 fully saturated rings. The minimum atomic E-state index is -0.299. The number of halogens is 1. The first-order valence-electron chi connectivity index (χ1n) is 10.00. The minimum Gasteiger partial charge on any atom is -0.328 e. The Morgan fingerprint density at radius 3 is 2.48 bits per heavy atom. The van der Waals surface area contributed by atoms with Crippen molar-refractivity contribution in [2.45, 2.75) is 39.2 Å². The molecular weight excluding hydrogens is 386 g/mol. The van der Waals surface area contributed by atoms with Crippen LogP contribution in [-0.2, 0) is 7.05 Å². The highest BCUT2D eigenvalue weighted by molar-refractivity contribution is 6.30. The normalized spacial score (nSPS) is 12.1. The van der Waals surface area contributed by atoms with E-state index in [1.54, 1.807) is 41.9 Å². The van der Waals surface area contributed by atoms with Crippen LogP contribution < -0.4 is 5.56 Å². The van der Waals surface area contributed by atoms with Crippen LogP contribution in [0.1, 0.15) is 55.3 Å². The number of fused-ring (bicyclic) bond motifs is 1. The predicted molar refractivity (Wildman–Crippen MR) is 117 cm³/mol. The van der Waals surface area contributed by atoms with Crippen molar-refractivity contribution in [2.75, 3.05) is 6.54 Å². The maximum absolute atomic E-state index is 13.4. The number of benzene rings is 2. The van der Waals surface area contributed by atoms with E-state index < -0.39 is 0 Å². The van der Waals surface area contributed by atoms with Crippen LogP contribution in [0.2, 0.25) is 5.02 Å². The fourth-order valence-corrected chi connectivity index (χ4v) is 3.69. The molecule has 0 aliphatic rings. The highest BCUT2D eigenvalue weighted by atomic mass is 35.5. The first-order valence-corrected chi connectivity index (χ1v) is 10.4. The molecule has 1 amide bonds. The average Bonchev–Trinajstić information content (AvgIpc) is 2.74. The lowest BCUT2D eigenvalue weighted by Crippen LogP contribution is -2.39. The van der Waals surface area contributed by atoms with Gasteiger partial charge in [0.1, 0.15) is 5.82 Å². The predicted octanol–water partition coefficient (Wildman–Crippen LogP) is 4.98. The summed E-state index contributed by atoms with van der Waals surface area (Å²) < 4.78 is 1.57. The number of para-hydroxylation sites is 1. The second-order valence-electron chi connectivity index (χ2n) is 7.13. The fourth-order valence-electron chi connectivity index (χ4n) is 3.56. The Labute approximate surface area is 175 Å². The zero-order valence-electron chi connectivity index (χ0n) is 17.1. The molecule has 6 heteroatoms. The molecular formula is C23H26ClN3O2.